The first-order valence-electron chi connectivity index (χ1n) is 6.60. The lowest BCUT2D eigenvalue weighted by Crippen LogP contribution is -2.20. The maximum atomic E-state index is 5.89. The lowest BCUT2D eigenvalue weighted by molar-refractivity contribution is 0.442. The number of nitrogens with two attached hydrogens (primary N) is 1. The van der Waals surface area contributed by atoms with Gasteiger partial charge in [0, 0.05) is 8.99 Å². The van der Waals surface area contributed by atoms with Gasteiger partial charge in [-0.3, -0.25) is 0 Å². The molecule has 0 aliphatic carbocycles. The number of ether oxygens (including phenoxy) is 1. The summed E-state index contributed by atoms with van der Waals surface area (Å²) in [5.74, 6) is 8.06. The summed E-state index contributed by atoms with van der Waals surface area (Å²) in [6.07, 6.45) is 0. The highest BCUT2D eigenvalue weighted by molar-refractivity contribution is 14.1. The van der Waals surface area contributed by atoms with Gasteiger partial charge in [0.05, 0.1) is 5.56 Å². The summed E-state index contributed by atoms with van der Waals surface area (Å²) in [7, 11) is 0. The van der Waals surface area contributed by atoms with Gasteiger partial charge in [0.1, 0.15) is 11.6 Å². The van der Waals surface area contributed by atoms with Crippen LogP contribution in [0.4, 0.5) is 5.82 Å². The Balaban J connectivity index is 2.44. The summed E-state index contributed by atoms with van der Waals surface area (Å²) in [6.45, 7) is 8.02. The van der Waals surface area contributed by atoms with E-state index in [2.05, 4.69) is 38.0 Å². The number of hydrogen-bond acceptors (Lipinski definition) is 5. The van der Waals surface area contributed by atoms with Gasteiger partial charge < -0.3 is 10.2 Å². The number of hydrogen-bond donors (Lipinski definition) is 2. The van der Waals surface area contributed by atoms with E-state index < -0.39 is 0 Å². The van der Waals surface area contributed by atoms with E-state index in [0.29, 0.717) is 17.5 Å². The quantitative estimate of drug-likeness (QED) is 0.468. The maximum absolute atomic E-state index is 5.89. The minimum atomic E-state index is -0.191. The zero-order valence-electron chi connectivity index (χ0n) is 12.6. The number of benzene rings is 1. The molecule has 0 fully saturated rings. The molecule has 0 atom stereocenters. The molecule has 0 saturated carbocycles. The van der Waals surface area contributed by atoms with E-state index in [-0.39, 0.29) is 5.41 Å². The van der Waals surface area contributed by atoms with Crippen LogP contribution < -0.4 is 16.0 Å². The molecule has 1 heterocycles. The summed E-state index contributed by atoms with van der Waals surface area (Å²) in [4.78, 5) is 8.99. The van der Waals surface area contributed by atoms with Gasteiger partial charge >= 0.3 is 0 Å². The molecule has 21 heavy (non-hydrogen) atoms. The summed E-state index contributed by atoms with van der Waals surface area (Å²) in [6, 6.07) is 7.80. The van der Waals surface area contributed by atoms with Crippen LogP contribution in [0.15, 0.2) is 24.3 Å². The molecule has 6 heteroatoms. The molecule has 1 aromatic carbocycles. The van der Waals surface area contributed by atoms with E-state index in [1.807, 2.05) is 52.0 Å². The second-order valence-corrected chi connectivity index (χ2v) is 7.02. The topological polar surface area (TPSA) is 73.1 Å². The average molecular weight is 398 g/mol. The Labute approximate surface area is 138 Å². The van der Waals surface area contributed by atoms with Gasteiger partial charge in [0.2, 0.25) is 5.88 Å². The van der Waals surface area contributed by atoms with Crippen molar-refractivity contribution >= 4 is 28.4 Å². The van der Waals surface area contributed by atoms with Gasteiger partial charge in [0.25, 0.3) is 0 Å². The van der Waals surface area contributed by atoms with E-state index in [1.165, 1.54) is 0 Å². The lowest BCUT2D eigenvalue weighted by Gasteiger charge is -2.20. The van der Waals surface area contributed by atoms with Gasteiger partial charge in [-0.25, -0.2) is 10.8 Å². The van der Waals surface area contributed by atoms with Crippen LogP contribution in [-0.2, 0) is 5.41 Å². The Morgan fingerprint density at radius 2 is 1.76 bits per heavy atom. The number of nitrogens with zero attached hydrogens (tertiary/aromatic N) is 2. The molecular formula is C15H19IN4O. The van der Waals surface area contributed by atoms with E-state index in [4.69, 9.17) is 10.6 Å². The molecule has 0 spiro atoms. The van der Waals surface area contributed by atoms with Crippen LogP contribution in [-0.4, -0.2) is 9.97 Å². The number of hydrazine groups is 1. The molecule has 0 saturated heterocycles. The number of aromatic nitrogens is 2. The zero-order valence-corrected chi connectivity index (χ0v) is 14.7. The van der Waals surface area contributed by atoms with Gasteiger partial charge in [-0.2, -0.15) is 4.98 Å². The highest BCUT2D eigenvalue weighted by Crippen LogP contribution is 2.30. The molecule has 2 rings (SSSR count). The molecule has 3 N–H and O–H groups in total. The summed E-state index contributed by atoms with van der Waals surface area (Å²) in [5, 5.41) is 0. The molecule has 0 amide bonds. The van der Waals surface area contributed by atoms with Crippen molar-refractivity contribution in [2.24, 2.45) is 5.84 Å². The van der Waals surface area contributed by atoms with Crippen LogP contribution in [0.25, 0.3) is 0 Å². The number of nitrogens with one attached hydrogen (secondary N) is 1. The largest absolute Gasteiger partial charge is 0.439 e. The molecule has 112 valence electrons. The van der Waals surface area contributed by atoms with Crippen molar-refractivity contribution in [1.82, 2.24) is 9.97 Å². The number of nitrogen functional groups attached to an aromatic ring is 1. The molecule has 0 aliphatic rings. The van der Waals surface area contributed by atoms with Crippen molar-refractivity contribution in [1.29, 1.82) is 0 Å². The molecule has 1 aromatic heterocycles. The molecule has 0 unspecified atom stereocenters. The Kier molecular flexibility index (Phi) is 4.67. The lowest BCUT2D eigenvalue weighted by atomic mass is 9.95. The van der Waals surface area contributed by atoms with Crippen molar-refractivity contribution < 1.29 is 4.74 Å². The molecule has 2 aromatic rings. The summed E-state index contributed by atoms with van der Waals surface area (Å²) in [5.41, 5.74) is 3.20. The van der Waals surface area contributed by atoms with Crippen LogP contribution in [0, 0.1) is 10.5 Å². The first-order valence-corrected chi connectivity index (χ1v) is 7.68. The Hall–Kier alpha value is -1.41. The van der Waals surface area contributed by atoms with Crippen molar-refractivity contribution in [3.63, 3.8) is 0 Å². The van der Waals surface area contributed by atoms with Gasteiger partial charge in [-0.15, -0.1) is 0 Å². The molecule has 0 radical (unpaired) electrons. The maximum Gasteiger partial charge on any atom is 0.227 e. The molecule has 0 bridgehead atoms. The number of anilines is 1. The van der Waals surface area contributed by atoms with Crippen LogP contribution in [0.3, 0.4) is 0 Å². The summed E-state index contributed by atoms with van der Waals surface area (Å²) >= 11 is 2.25. The Morgan fingerprint density at radius 1 is 1.14 bits per heavy atom. The standard InChI is InChI=1S/C15H19IN4O/c1-9-12(20-17)18-14(15(2,3)4)19-13(9)21-11-7-5-10(16)6-8-11/h5-8H,17H2,1-4H3,(H,18,19,20). The van der Waals surface area contributed by atoms with Gasteiger partial charge in [-0.1, -0.05) is 20.8 Å². The van der Waals surface area contributed by atoms with E-state index in [0.717, 1.165) is 14.9 Å². The third-order valence-electron chi connectivity index (χ3n) is 2.94. The van der Waals surface area contributed by atoms with Crippen LogP contribution >= 0.6 is 22.6 Å². The van der Waals surface area contributed by atoms with Crippen LogP contribution in [0.2, 0.25) is 0 Å². The fourth-order valence-corrected chi connectivity index (χ4v) is 2.05. The van der Waals surface area contributed by atoms with E-state index >= 15 is 0 Å². The van der Waals surface area contributed by atoms with Crippen molar-refractivity contribution in [3.05, 3.63) is 39.2 Å². The van der Waals surface area contributed by atoms with Crippen molar-refractivity contribution in [2.75, 3.05) is 5.43 Å². The van der Waals surface area contributed by atoms with Crippen molar-refractivity contribution in [3.8, 4) is 11.6 Å². The third-order valence-corrected chi connectivity index (χ3v) is 3.66. The van der Waals surface area contributed by atoms with Gasteiger partial charge in [0.15, 0.2) is 5.82 Å². The SMILES string of the molecule is Cc1c(NN)nc(C(C)(C)C)nc1Oc1ccc(I)cc1. The van der Waals surface area contributed by atoms with Crippen LogP contribution in [0.1, 0.15) is 32.2 Å². The first kappa shape index (κ1) is 16.0. The Morgan fingerprint density at radius 3 is 2.29 bits per heavy atom. The predicted molar refractivity (Wildman–Crippen MR) is 92.5 cm³/mol. The normalized spacial score (nSPS) is 11.3. The second kappa shape index (κ2) is 6.15. The first-order chi connectivity index (χ1) is 9.81. The average Bonchev–Trinajstić information content (AvgIpc) is 2.42. The minimum absolute atomic E-state index is 0.191. The molecule has 0 aliphatic heterocycles. The summed E-state index contributed by atoms with van der Waals surface area (Å²) < 4.78 is 7.04. The fraction of sp³-hybridized carbons (Fsp3) is 0.333. The predicted octanol–water partition coefficient (Wildman–Crippen LogP) is 3.77. The minimum Gasteiger partial charge on any atom is -0.439 e. The van der Waals surface area contributed by atoms with E-state index in [9.17, 15) is 0 Å². The Bertz CT molecular complexity index is 635. The monoisotopic (exact) mass is 398 g/mol. The highest BCUT2D eigenvalue weighted by Gasteiger charge is 2.21. The van der Waals surface area contributed by atoms with E-state index in [1.54, 1.807) is 0 Å². The highest BCUT2D eigenvalue weighted by atomic mass is 127. The smallest absolute Gasteiger partial charge is 0.227 e. The molecular weight excluding hydrogens is 379 g/mol. The third kappa shape index (κ3) is 3.82. The molecule has 5 nitrogen and oxygen atoms in total. The van der Waals surface area contributed by atoms with Gasteiger partial charge in [-0.05, 0) is 53.8 Å². The number of halogens is 1. The van der Waals surface area contributed by atoms with Crippen molar-refractivity contribution in [2.45, 2.75) is 33.1 Å². The fourth-order valence-electron chi connectivity index (χ4n) is 1.69. The number of rotatable bonds is 3. The zero-order chi connectivity index (χ0) is 15.6. The second-order valence-electron chi connectivity index (χ2n) is 5.78. The van der Waals surface area contributed by atoms with Crippen LogP contribution in [0.5, 0.6) is 11.6 Å².